The van der Waals surface area contributed by atoms with E-state index in [0.717, 1.165) is 17.3 Å². The lowest BCUT2D eigenvalue weighted by atomic mass is 9.96. The van der Waals surface area contributed by atoms with Crippen LogP contribution in [0.25, 0.3) is 0 Å². The summed E-state index contributed by atoms with van der Waals surface area (Å²) in [5, 5.41) is 2.67. The van der Waals surface area contributed by atoms with Gasteiger partial charge in [-0.05, 0) is 43.2 Å². The van der Waals surface area contributed by atoms with Crippen molar-refractivity contribution in [2.75, 3.05) is 16.8 Å². The summed E-state index contributed by atoms with van der Waals surface area (Å²) in [5.41, 5.74) is -0.199. The molecule has 1 saturated heterocycles. The SMILES string of the molecule is O=C(COC(=O)C12CCC(=O)N1c1ccccc1C(=O)N2C1CC1)Nc1cccc(Br)c1. The molecule has 32 heavy (non-hydrogen) atoms. The largest absolute Gasteiger partial charge is 0.452 e. The number of fused-ring (bicyclic) bond motifs is 3. The van der Waals surface area contributed by atoms with E-state index in [0.29, 0.717) is 16.9 Å². The molecule has 0 bridgehead atoms. The second kappa shape index (κ2) is 7.74. The molecule has 3 aliphatic rings. The van der Waals surface area contributed by atoms with Crippen molar-refractivity contribution in [1.29, 1.82) is 0 Å². The maximum atomic E-state index is 13.5. The van der Waals surface area contributed by atoms with Crippen LogP contribution in [0.3, 0.4) is 0 Å². The Morgan fingerprint density at radius 3 is 2.66 bits per heavy atom. The van der Waals surface area contributed by atoms with Crippen LogP contribution < -0.4 is 10.2 Å². The lowest BCUT2D eigenvalue weighted by Gasteiger charge is -2.48. The van der Waals surface area contributed by atoms with Gasteiger partial charge in [-0.1, -0.05) is 34.1 Å². The smallest absolute Gasteiger partial charge is 0.354 e. The highest BCUT2D eigenvalue weighted by Gasteiger charge is 2.64. The minimum atomic E-state index is -1.56. The average molecular weight is 498 g/mol. The van der Waals surface area contributed by atoms with E-state index >= 15 is 0 Å². The maximum Gasteiger partial charge on any atom is 0.354 e. The number of amides is 3. The Balaban J connectivity index is 1.42. The van der Waals surface area contributed by atoms with E-state index in [1.807, 2.05) is 6.07 Å². The highest BCUT2D eigenvalue weighted by Crippen LogP contribution is 2.49. The van der Waals surface area contributed by atoms with Crippen molar-refractivity contribution in [2.45, 2.75) is 37.4 Å². The third kappa shape index (κ3) is 3.28. The van der Waals surface area contributed by atoms with Gasteiger partial charge in [0.2, 0.25) is 11.6 Å². The third-order valence-electron chi connectivity index (χ3n) is 5.98. The monoisotopic (exact) mass is 497 g/mol. The zero-order valence-corrected chi connectivity index (χ0v) is 18.6. The van der Waals surface area contributed by atoms with Crippen molar-refractivity contribution in [2.24, 2.45) is 0 Å². The summed E-state index contributed by atoms with van der Waals surface area (Å²) in [7, 11) is 0. The van der Waals surface area contributed by atoms with Gasteiger partial charge in [0, 0.05) is 29.0 Å². The highest BCUT2D eigenvalue weighted by molar-refractivity contribution is 9.10. The number of para-hydroxylation sites is 1. The fourth-order valence-electron chi connectivity index (χ4n) is 4.52. The molecule has 1 aliphatic carbocycles. The zero-order chi connectivity index (χ0) is 22.5. The minimum Gasteiger partial charge on any atom is -0.452 e. The standard InChI is InChI=1S/C23H20BrN3O5/c24-14-4-3-5-15(12-14)25-19(28)13-32-22(31)23-11-10-20(29)27(23)18-7-2-1-6-17(18)21(30)26(23)16-8-9-16/h1-7,12,16H,8-11,13H2,(H,25,28). The summed E-state index contributed by atoms with van der Waals surface area (Å²) in [4.78, 5) is 55.0. The van der Waals surface area contributed by atoms with Crippen LogP contribution in [0.1, 0.15) is 36.0 Å². The van der Waals surface area contributed by atoms with Crippen molar-refractivity contribution < 1.29 is 23.9 Å². The molecule has 164 valence electrons. The van der Waals surface area contributed by atoms with Crippen LogP contribution in [0, 0.1) is 0 Å². The second-order valence-corrected chi connectivity index (χ2v) is 9.02. The Hall–Kier alpha value is -3.20. The van der Waals surface area contributed by atoms with E-state index in [-0.39, 0.29) is 30.7 Å². The van der Waals surface area contributed by atoms with E-state index in [1.165, 1.54) is 9.80 Å². The van der Waals surface area contributed by atoms with Gasteiger partial charge in [0.1, 0.15) is 0 Å². The first kappa shape index (κ1) is 20.7. The molecule has 1 N–H and O–H groups in total. The zero-order valence-electron chi connectivity index (χ0n) is 17.0. The molecule has 3 amide bonds. The number of anilines is 2. The molecule has 2 aromatic rings. The molecule has 2 aliphatic heterocycles. The molecule has 0 spiro atoms. The van der Waals surface area contributed by atoms with E-state index in [1.54, 1.807) is 42.5 Å². The molecule has 2 aromatic carbocycles. The molecule has 2 heterocycles. The molecule has 0 radical (unpaired) electrons. The number of carbonyl (C=O) groups excluding carboxylic acids is 4. The first-order valence-corrected chi connectivity index (χ1v) is 11.2. The predicted octanol–water partition coefficient (Wildman–Crippen LogP) is 3.07. The lowest BCUT2D eigenvalue weighted by molar-refractivity contribution is -0.159. The molecule has 1 unspecified atom stereocenters. The Kier molecular flexibility index (Phi) is 5.00. The summed E-state index contributed by atoms with van der Waals surface area (Å²) in [6.07, 6.45) is 1.77. The summed E-state index contributed by atoms with van der Waals surface area (Å²) < 4.78 is 6.22. The minimum absolute atomic E-state index is 0.115. The first-order chi connectivity index (χ1) is 15.4. The normalized spacial score (nSPS) is 21.8. The van der Waals surface area contributed by atoms with Gasteiger partial charge in [-0.3, -0.25) is 19.3 Å². The topological polar surface area (TPSA) is 96.0 Å². The van der Waals surface area contributed by atoms with Crippen LogP contribution in [0.15, 0.2) is 53.0 Å². The molecule has 1 atom stereocenters. The van der Waals surface area contributed by atoms with Crippen LogP contribution >= 0.6 is 15.9 Å². The van der Waals surface area contributed by atoms with Crippen molar-refractivity contribution in [3.63, 3.8) is 0 Å². The van der Waals surface area contributed by atoms with Crippen LogP contribution in [-0.4, -0.2) is 46.9 Å². The van der Waals surface area contributed by atoms with Gasteiger partial charge in [-0.15, -0.1) is 0 Å². The van der Waals surface area contributed by atoms with Crippen LogP contribution in [0.5, 0.6) is 0 Å². The number of nitrogens with zero attached hydrogens (tertiary/aromatic N) is 2. The van der Waals surface area contributed by atoms with Gasteiger partial charge in [0.15, 0.2) is 6.61 Å². The average Bonchev–Trinajstić information content (AvgIpc) is 3.54. The summed E-state index contributed by atoms with van der Waals surface area (Å²) in [6.45, 7) is -0.524. The number of rotatable bonds is 5. The number of hydrogen-bond acceptors (Lipinski definition) is 5. The van der Waals surface area contributed by atoms with E-state index in [4.69, 9.17) is 4.74 Å². The van der Waals surface area contributed by atoms with Gasteiger partial charge in [-0.25, -0.2) is 4.79 Å². The number of ether oxygens (including phenoxy) is 1. The number of nitrogens with one attached hydrogen (secondary N) is 1. The Morgan fingerprint density at radius 1 is 1.12 bits per heavy atom. The highest BCUT2D eigenvalue weighted by atomic mass is 79.9. The second-order valence-electron chi connectivity index (χ2n) is 8.10. The maximum absolute atomic E-state index is 13.5. The van der Waals surface area contributed by atoms with Gasteiger partial charge >= 0.3 is 5.97 Å². The van der Waals surface area contributed by atoms with Crippen molar-refractivity contribution in [3.8, 4) is 0 Å². The van der Waals surface area contributed by atoms with Crippen molar-refractivity contribution in [3.05, 3.63) is 58.6 Å². The Labute approximate surface area is 192 Å². The van der Waals surface area contributed by atoms with Crippen molar-refractivity contribution >= 4 is 51.0 Å². The Bertz CT molecular complexity index is 1150. The van der Waals surface area contributed by atoms with Gasteiger partial charge in [-0.2, -0.15) is 0 Å². The van der Waals surface area contributed by atoms with Crippen LogP contribution in [-0.2, 0) is 19.1 Å². The fourth-order valence-corrected chi connectivity index (χ4v) is 4.92. The lowest BCUT2D eigenvalue weighted by Crippen LogP contribution is -2.69. The predicted molar refractivity (Wildman–Crippen MR) is 119 cm³/mol. The van der Waals surface area contributed by atoms with Gasteiger partial charge < -0.3 is 15.0 Å². The molecule has 2 fully saturated rings. The first-order valence-electron chi connectivity index (χ1n) is 10.4. The number of hydrogen-bond donors (Lipinski definition) is 1. The molecule has 1 saturated carbocycles. The summed E-state index contributed by atoms with van der Waals surface area (Å²) >= 11 is 3.34. The van der Waals surface area contributed by atoms with Crippen molar-refractivity contribution in [1.82, 2.24) is 4.90 Å². The molecular formula is C23H20BrN3O5. The number of esters is 1. The molecular weight excluding hydrogens is 478 g/mol. The fraction of sp³-hybridized carbons (Fsp3) is 0.304. The molecule has 9 heteroatoms. The third-order valence-corrected chi connectivity index (χ3v) is 6.47. The molecule has 5 rings (SSSR count). The summed E-state index contributed by atoms with van der Waals surface area (Å²) in [6, 6.07) is 13.7. The summed E-state index contributed by atoms with van der Waals surface area (Å²) in [5.74, 6) is -1.80. The van der Waals surface area contributed by atoms with E-state index < -0.39 is 24.1 Å². The number of benzene rings is 2. The molecule has 8 nitrogen and oxygen atoms in total. The van der Waals surface area contributed by atoms with Gasteiger partial charge in [0.05, 0.1) is 11.3 Å². The Morgan fingerprint density at radius 2 is 1.91 bits per heavy atom. The van der Waals surface area contributed by atoms with Crippen LogP contribution in [0.2, 0.25) is 0 Å². The quantitative estimate of drug-likeness (QED) is 0.640. The van der Waals surface area contributed by atoms with E-state index in [9.17, 15) is 19.2 Å². The number of halogens is 1. The molecule has 0 aromatic heterocycles. The number of carbonyl (C=O) groups is 4. The van der Waals surface area contributed by atoms with Gasteiger partial charge in [0.25, 0.3) is 11.8 Å². The van der Waals surface area contributed by atoms with Crippen LogP contribution in [0.4, 0.5) is 11.4 Å². The van der Waals surface area contributed by atoms with E-state index in [2.05, 4.69) is 21.2 Å².